The number of methoxy groups -OCH3 is 1. The van der Waals surface area contributed by atoms with Crippen molar-refractivity contribution in [2.24, 2.45) is 0 Å². The lowest BCUT2D eigenvalue weighted by molar-refractivity contribution is -0.0453. The predicted molar refractivity (Wildman–Crippen MR) is 128 cm³/mol. The fourth-order valence-corrected chi connectivity index (χ4v) is 8.54. The van der Waals surface area contributed by atoms with E-state index in [1.165, 1.54) is 37.7 Å². The van der Waals surface area contributed by atoms with Crippen molar-refractivity contribution in [2.75, 3.05) is 13.8 Å². The maximum atomic E-state index is 13.6. The van der Waals surface area contributed by atoms with Crippen molar-refractivity contribution < 1.29 is 47.2 Å². The molecule has 1 aromatic heterocycles. The van der Waals surface area contributed by atoms with Crippen LogP contribution in [0.15, 0.2) is 42.7 Å². The molecule has 1 aliphatic carbocycles. The number of carbonyl (C=O) groups excluding carboxylic acids is 1. The lowest BCUT2D eigenvalue weighted by Crippen LogP contribution is -2.37. The van der Waals surface area contributed by atoms with Crippen molar-refractivity contribution in [3.8, 4) is 11.5 Å². The van der Waals surface area contributed by atoms with Crippen LogP contribution in [0, 0.1) is 0 Å². The molecule has 4 rings (SSSR count). The number of aromatic nitrogens is 1. The lowest BCUT2D eigenvalue weighted by atomic mass is 9.98. The third-order valence-corrected chi connectivity index (χ3v) is 11.7. The summed E-state index contributed by atoms with van der Waals surface area (Å²) >= 11 is 0. The van der Waals surface area contributed by atoms with Gasteiger partial charge in [-0.2, -0.15) is 0 Å². The topological polar surface area (TPSA) is 151 Å². The number of aliphatic hydroxyl groups is 1. The van der Waals surface area contributed by atoms with E-state index in [4.69, 9.17) is 23.3 Å². The maximum absolute atomic E-state index is 13.6. The van der Waals surface area contributed by atoms with Crippen LogP contribution in [0.3, 0.4) is 0 Å². The van der Waals surface area contributed by atoms with Gasteiger partial charge in [0.25, 0.3) is 0 Å². The summed E-state index contributed by atoms with van der Waals surface area (Å²) in [5.41, 5.74) is 0.326. The highest BCUT2D eigenvalue weighted by atomic mass is 31.2. The van der Waals surface area contributed by atoms with Gasteiger partial charge >= 0.3 is 13.8 Å². The smallest absolute Gasteiger partial charge is 0.497 e. The molecule has 13 heteroatoms. The van der Waals surface area contributed by atoms with Gasteiger partial charge in [-0.3, -0.25) is 23.2 Å². The minimum atomic E-state index is -5.00. The Morgan fingerprint density at radius 2 is 1.94 bits per heavy atom. The quantitative estimate of drug-likeness (QED) is 0.290. The molecule has 0 bridgehead atoms. The van der Waals surface area contributed by atoms with Crippen molar-refractivity contribution >= 4 is 21.1 Å². The van der Waals surface area contributed by atoms with Gasteiger partial charge in [0, 0.05) is 25.5 Å². The van der Waals surface area contributed by atoms with Crippen LogP contribution in [0.2, 0.25) is 0 Å². The summed E-state index contributed by atoms with van der Waals surface area (Å²) in [6.07, 6.45) is 3.91. The molecule has 1 saturated carbocycles. The lowest BCUT2D eigenvalue weighted by Gasteiger charge is -2.43. The second-order valence-corrected chi connectivity index (χ2v) is 13.8. The molecule has 2 N–H and O–H groups in total. The minimum Gasteiger partial charge on any atom is -0.497 e. The largest absolute Gasteiger partial charge is 0.514 e. The fraction of sp³-hybridized carbons (Fsp3) is 0.478. The van der Waals surface area contributed by atoms with Crippen LogP contribution in [-0.2, 0) is 29.3 Å². The molecule has 1 aromatic carbocycles. The van der Waals surface area contributed by atoms with E-state index < -0.39 is 38.9 Å². The zero-order chi connectivity index (χ0) is 26.0. The van der Waals surface area contributed by atoms with E-state index in [2.05, 4.69) is 4.98 Å². The highest BCUT2D eigenvalue weighted by Gasteiger charge is 2.65. The number of rotatable bonds is 6. The summed E-state index contributed by atoms with van der Waals surface area (Å²) in [4.78, 5) is 27.2. The highest BCUT2D eigenvalue weighted by molar-refractivity contribution is 7.76. The number of ether oxygens (including phenoxy) is 3. The van der Waals surface area contributed by atoms with E-state index in [0.717, 1.165) is 38.8 Å². The number of carbonyl (C=O) groups is 1. The Bertz CT molecular complexity index is 1160. The third-order valence-electron chi connectivity index (χ3n) is 6.28. The van der Waals surface area contributed by atoms with Gasteiger partial charge in [-0.25, -0.2) is 4.79 Å². The Labute approximate surface area is 208 Å². The van der Waals surface area contributed by atoms with E-state index in [1.807, 2.05) is 0 Å². The molecular weight excluding hydrogens is 512 g/mol. The molecule has 0 amide bonds. The van der Waals surface area contributed by atoms with E-state index >= 15 is 0 Å². The van der Waals surface area contributed by atoms with Gasteiger partial charge in [0.2, 0.25) is 18.7 Å². The van der Waals surface area contributed by atoms with E-state index in [9.17, 15) is 23.9 Å². The monoisotopic (exact) mass is 541 g/mol. The van der Waals surface area contributed by atoms with Crippen LogP contribution in [0.25, 0.3) is 0 Å². The number of benzene rings is 1. The van der Waals surface area contributed by atoms with Gasteiger partial charge in [-0.05, 0) is 55.5 Å². The number of nitrogens with zero attached hydrogens (tertiary/aromatic N) is 1. The Hall–Kier alpha value is -2.26. The molecule has 2 aliphatic rings. The number of pyridine rings is 1. The first-order chi connectivity index (χ1) is 17.0. The minimum absolute atomic E-state index is 0.0327. The second-order valence-electron chi connectivity index (χ2n) is 8.86. The standard InChI is InChI=1S/C23H29NO10P2/c1-30-18-10-11-20(32-22(25)31-17-8-4-3-5-9-17)19(13-18)21-33-35(2,27)23(26,36(28,29)34-21)14-16-7-6-12-24-15-16/h6-7,10-13,15,17,21,26H,3-5,8-9,14H2,1-2H3,(H,28,29). The summed E-state index contributed by atoms with van der Waals surface area (Å²) in [6, 6.07) is 7.37. The van der Waals surface area contributed by atoms with Gasteiger partial charge in [-0.1, -0.05) is 12.5 Å². The molecule has 36 heavy (non-hydrogen) atoms. The number of hydrogen-bond donors (Lipinski definition) is 2. The molecule has 1 saturated heterocycles. The molecule has 4 atom stereocenters. The molecule has 1 aliphatic heterocycles. The SMILES string of the molecule is COc1ccc(OC(=O)OC2CCCCC2)c(C2OP(C)(=O)C(O)(Cc3cccnc3)P(=O)(O)O2)c1. The first-order valence-electron chi connectivity index (χ1n) is 11.5. The predicted octanol–water partition coefficient (Wildman–Crippen LogP) is 4.97. The average molecular weight is 541 g/mol. The van der Waals surface area contributed by atoms with Crippen LogP contribution in [-0.4, -0.2) is 46.1 Å². The first-order valence-corrected chi connectivity index (χ1v) is 15.1. The molecule has 0 spiro atoms. The zero-order valence-corrected chi connectivity index (χ0v) is 21.7. The van der Waals surface area contributed by atoms with E-state index in [1.54, 1.807) is 12.1 Å². The molecular formula is C23H29NO10P2. The molecule has 0 radical (unpaired) electrons. The summed E-state index contributed by atoms with van der Waals surface area (Å²) in [7, 11) is -7.85. The van der Waals surface area contributed by atoms with Crippen LogP contribution in [0.4, 0.5) is 4.79 Å². The van der Waals surface area contributed by atoms with Crippen molar-refractivity contribution in [1.29, 1.82) is 0 Å². The van der Waals surface area contributed by atoms with Crippen molar-refractivity contribution in [2.45, 2.75) is 56.0 Å². The molecule has 196 valence electrons. The van der Waals surface area contributed by atoms with Gasteiger partial charge < -0.3 is 24.2 Å². The normalized spacial score (nSPS) is 30.9. The second kappa shape index (κ2) is 10.6. The van der Waals surface area contributed by atoms with Gasteiger partial charge in [0.05, 0.1) is 12.7 Å². The summed E-state index contributed by atoms with van der Waals surface area (Å²) < 4.78 is 53.8. The van der Waals surface area contributed by atoms with E-state index in [0.29, 0.717) is 11.3 Å². The zero-order valence-electron chi connectivity index (χ0n) is 19.9. The first kappa shape index (κ1) is 26.8. The molecule has 2 heterocycles. The summed E-state index contributed by atoms with van der Waals surface area (Å²) in [5, 5.41) is 8.44. The van der Waals surface area contributed by atoms with Crippen LogP contribution in [0.5, 0.6) is 11.5 Å². The van der Waals surface area contributed by atoms with Crippen molar-refractivity contribution in [1.82, 2.24) is 4.98 Å². The van der Waals surface area contributed by atoms with Crippen molar-refractivity contribution in [3.63, 3.8) is 0 Å². The summed E-state index contributed by atoms with van der Waals surface area (Å²) in [5.74, 6) is 0.194. The fourth-order valence-electron chi connectivity index (χ4n) is 4.23. The molecule has 2 aromatic rings. The van der Waals surface area contributed by atoms with Crippen LogP contribution in [0.1, 0.15) is 49.5 Å². The molecule has 4 unspecified atom stereocenters. The summed E-state index contributed by atoms with van der Waals surface area (Å²) in [6.45, 7) is 1.06. The van der Waals surface area contributed by atoms with Gasteiger partial charge in [0.1, 0.15) is 17.6 Å². The van der Waals surface area contributed by atoms with Gasteiger partial charge in [0.15, 0.2) is 0 Å². The maximum Gasteiger partial charge on any atom is 0.514 e. The van der Waals surface area contributed by atoms with Crippen molar-refractivity contribution in [3.05, 3.63) is 53.9 Å². The highest BCUT2D eigenvalue weighted by Crippen LogP contribution is 2.79. The van der Waals surface area contributed by atoms with Gasteiger partial charge in [-0.15, -0.1) is 0 Å². The average Bonchev–Trinajstić information content (AvgIpc) is 2.84. The Morgan fingerprint density at radius 3 is 2.58 bits per heavy atom. The molecule has 2 fully saturated rings. The van der Waals surface area contributed by atoms with Crippen LogP contribution < -0.4 is 9.47 Å². The number of hydrogen-bond acceptors (Lipinski definition) is 10. The Balaban J connectivity index is 1.61. The third kappa shape index (κ3) is 5.52. The Morgan fingerprint density at radius 1 is 1.19 bits per heavy atom. The molecule has 11 nitrogen and oxygen atoms in total. The van der Waals surface area contributed by atoms with Crippen LogP contribution >= 0.6 is 15.0 Å². The van der Waals surface area contributed by atoms with E-state index in [-0.39, 0.29) is 17.4 Å². The Kier molecular flexibility index (Phi) is 7.90.